The van der Waals surface area contributed by atoms with E-state index in [0.717, 1.165) is 5.75 Å². The molecule has 1 heterocycles. The molecule has 1 saturated heterocycles. The van der Waals surface area contributed by atoms with Gasteiger partial charge in [0.2, 0.25) is 0 Å². The first-order valence-electron chi connectivity index (χ1n) is 8.76. The number of ether oxygens (including phenoxy) is 3. The number of rotatable bonds is 9. The molecule has 0 saturated carbocycles. The average Bonchev–Trinajstić information content (AvgIpc) is 2.97. The quantitative estimate of drug-likeness (QED) is 0.489. The molecule has 1 aliphatic heterocycles. The molecule has 1 fully saturated rings. The lowest BCUT2D eigenvalue weighted by atomic mass is 10.2. The van der Waals surface area contributed by atoms with Crippen LogP contribution in [0.1, 0.15) is 26.2 Å². The second kappa shape index (κ2) is 9.59. The molecular formula is C18H25NO7S. The van der Waals surface area contributed by atoms with E-state index < -0.39 is 33.9 Å². The van der Waals surface area contributed by atoms with Crippen LogP contribution < -0.4 is 14.8 Å². The van der Waals surface area contributed by atoms with Gasteiger partial charge in [0.15, 0.2) is 15.9 Å². The zero-order chi connectivity index (χ0) is 19.9. The number of esters is 1. The van der Waals surface area contributed by atoms with Gasteiger partial charge in [0.05, 0.1) is 25.2 Å². The average molecular weight is 399 g/mol. The van der Waals surface area contributed by atoms with Crippen molar-refractivity contribution in [3.63, 3.8) is 0 Å². The Bertz CT molecular complexity index is 745. The first kappa shape index (κ1) is 21.0. The van der Waals surface area contributed by atoms with Gasteiger partial charge in [-0.05, 0) is 44.0 Å². The van der Waals surface area contributed by atoms with Crippen LogP contribution >= 0.6 is 0 Å². The third-order valence-electron chi connectivity index (χ3n) is 4.11. The van der Waals surface area contributed by atoms with Crippen molar-refractivity contribution in [2.45, 2.75) is 38.3 Å². The molecule has 1 amide bonds. The van der Waals surface area contributed by atoms with Gasteiger partial charge in [-0.25, -0.2) is 8.42 Å². The van der Waals surface area contributed by atoms with Gasteiger partial charge in [0.25, 0.3) is 5.91 Å². The summed E-state index contributed by atoms with van der Waals surface area (Å²) >= 11 is 0. The van der Waals surface area contributed by atoms with Crippen LogP contribution in [-0.2, 0) is 24.2 Å². The van der Waals surface area contributed by atoms with Crippen LogP contribution in [0, 0.1) is 0 Å². The van der Waals surface area contributed by atoms with Gasteiger partial charge in [0, 0.05) is 12.5 Å². The molecule has 0 unspecified atom stereocenters. The molecule has 1 aromatic carbocycles. The number of hydrogen-bond donors (Lipinski definition) is 1. The van der Waals surface area contributed by atoms with E-state index in [2.05, 4.69) is 5.32 Å². The highest BCUT2D eigenvalue weighted by Crippen LogP contribution is 2.17. The second-order valence-electron chi connectivity index (χ2n) is 6.37. The van der Waals surface area contributed by atoms with Crippen molar-refractivity contribution in [3.05, 3.63) is 24.3 Å². The summed E-state index contributed by atoms with van der Waals surface area (Å²) in [6.07, 6.45) is -0.0216. The molecule has 2 atom stereocenters. The fraction of sp³-hybridized carbons (Fsp3) is 0.556. The van der Waals surface area contributed by atoms with Crippen LogP contribution in [0.4, 0.5) is 0 Å². The number of amides is 1. The highest BCUT2D eigenvalue weighted by Gasteiger charge is 2.30. The van der Waals surface area contributed by atoms with Gasteiger partial charge in [-0.2, -0.15) is 0 Å². The van der Waals surface area contributed by atoms with Gasteiger partial charge in [-0.15, -0.1) is 0 Å². The molecule has 1 aromatic rings. The van der Waals surface area contributed by atoms with E-state index in [1.54, 1.807) is 31.4 Å². The minimum Gasteiger partial charge on any atom is -0.497 e. The van der Waals surface area contributed by atoms with Crippen molar-refractivity contribution in [3.8, 4) is 11.5 Å². The lowest BCUT2D eigenvalue weighted by Gasteiger charge is -2.16. The molecule has 0 aromatic heterocycles. The second-order valence-corrected chi connectivity index (χ2v) is 8.60. The van der Waals surface area contributed by atoms with Gasteiger partial charge in [-0.1, -0.05) is 0 Å². The Hall–Kier alpha value is -2.29. The van der Waals surface area contributed by atoms with Gasteiger partial charge in [-0.3, -0.25) is 9.59 Å². The number of carbonyl (C=O) groups excluding carboxylic acids is 2. The van der Waals surface area contributed by atoms with Crippen molar-refractivity contribution < 1.29 is 32.2 Å². The smallest absolute Gasteiger partial charge is 0.306 e. The third kappa shape index (κ3) is 7.09. The Morgan fingerprint density at radius 1 is 1.22 bits per heavy atom. The summed E-state index contributed by atoms with van der Waals surface area (Å²) in [4.78, 5) is 23.8. The third-order valence-corrected chi connectivity index (χ3v) is 5.88. The molecule has 0 bridgehead atoms. The largest absolute Gasteiger partial charge is 0.497 e. The van der Waals surface area contributed by atoms with E-state index in [4.69, 9.17) is 14.2 Å². The van der Waals surface area contributed by atoms with E-state index in [9.17, 15) is 18.0 Å². The Morgan fingerprint density at radius 3 is 2.48 bits per heavy atom. The van der Waals surface area contributed by atoms with Gasteiger partial charge < -0.3 is 19.5 Å². The lowest BCUT2D eigenvalue weighted by molar-refractivity contribution is -0.155. The van der Waals surface area contributed by atoms with Gasteiger partial charge in [0.1, 0.15) is 11.5 Å². The van der Waals surface area contributed by atoms with E-state index in [0.29, 0.717) is 25.2 Å². The molecule has 0 radical (unpaired) electrons. The minimum atomic E-state index is -3.08. The monoisotopic (exact) mass is 399 g/mol. The SMILES string of the molecule is COc1ccc(OCCCC(=O)O[C@@H](C)C(=O)N[C@H]2CCS(=O)(=O)C2)cc1. The molecule has 150 valence electrons. The fourth-order valence-electron chi connectivity index (χ4n) is 2.62. The maximum atomic E-state index is 12.0. The van der Waals surface area contributed by atoms with Crippen molar-refractivity contribution in [2.24, 2.45) is 0 Å². The van der Waals surface area contributed by atoms with Crippen LogP contribution in [0.5, 0.6) is 11.5 Å². The Morgan fingerprint density at radius 2 is 1.89 bits per heavy atom. The van der Waals surface area contributed by atoms with Crippen LogP contribution in [0.3, 0.4) is 0 Å². The highest BCUT2D eigenvalue weighted by molar-refractivity contribution is 7.91. The predicted octanol–water partition coefficient (Wildman–Crippen LogP) is 1.09. The molecule has 1 aliphatic rings. The summed E-state index contributed by atoms with van der Waals surface area (Å²) in [5, 5.41) is 2.61. The number of nitrogens with one attached hydrogen (secondary N) is 1. The van der Waals surface area contributed by atoms with Crippen molar-refractivity contribution in [2.75, 3.05) is 25.2 Å². The first-order valence-corrected chi connectivity index (χ1v) is 10.6. The predicted molar refractivity (Wildman–Crippen MR) is 98.5 cm³/mol. The summed E-state index contributed by atoms with van der Waals surface area (Å²) in [7, 11) is -1.49. The highest BCUT2D eigenvalue weighted by atomic mass is 32.2. The summed E-state index contributed by atoms with van der Waals surface area (Å²) in [6, 6.07) is 6.68. The molecule has 8 nitrogen and oxygen atoms in total. The molecule has 27 heavy (non-hydrogen) atoms. The first-order chi connectivity index (χ1) is 12.8. The van der Waals surface area contributed by atoms with Crippen LogP contribution in [0.2, 0.25) is 0 Å². The standard InChI is InChI=1S/C18H25NO7S/c1-13(18(21)19-14-9-11-27(22,23)12-14)26-17(20)4-3-10-25-16-7-5-15(24-2)6-8-16/h5-8,13-14H,3-4,9-12H2,1-2H3,(H,19,21)/t13-,14-/m0/s1. The molecule has 2 rings (SSSR count). The Balaban J connectivity index is 1.63. The summed E-state index contributed by atoms with van der Waals surface area (Å²) < 4.78 is 38.4. The zero-order valence-electron chi connectivity index (χ0n) is 15.5. The van der Waals surface area contributed by atoms with E-state index >= 15 is 0 Å². The number of hydrogen-bond acceptors (Lipinski definition) is 7. The zero-order valence-corrected chi connectivity index (χ0v) is 16.3. The van der Waals surface area contributed by atoms with Crippen LogP contribution in [0.15, 0.2) is 24.3 Å². The lowest BCUT2D eigenvalue weighted by Crippen LogP contribution is -2.42. The number of carbonyl (C=O) groups is 2. The molecule has 9 heteroatoms. The Labute approximate surface area is 159 Å². The minimum absolute atomic E-state index is 0.0674. The molecule has 0 aliphatic carbocycles. The van der Waals surface area contributed by atoms with Crippen molar-refractivity contribution >= 4 is 21.7 Å². The summed E-state index contributed by atoms with van der Waals surface area (Å²) in [6.45, 7) is 1.80. The maximum absolute atomic E-state index is 12.0. The number of benzene rings is 1. The van der Waals surface area contributed by atoms with Gasteiger partial charge >= 0.3 is 5.97 Å². The molecule has 0 spiro atoms. The van der Waals surface area contributed by atoms with E-state index in [1.807, 2.05) is 0 Å². The van der Waals surface area contributed by atoms with Crippen molar-refractivity contribution in [1.82, 2.24) is 5.32 Å². The number of sulfone groups is 1. The fourth-order valence-corrected chi connectivity index (χ4v) is 4.29. The number of methoxy groups -OCH3 is 1. The Kier molecular flexibility index (Phi) is 7.46. The van der Waals surface area contributed by atoms with Crippen LogP contribution in [0.25, 0.3) is 0 Å². The summed E-state index contributed by atoms with van der Waals surface area (Å²) in [5.41, 5.74) is 0. The van der Waals surface area contributed by atoms with E-state index in [-0.39, 0.29) is 17.9 Å². The normalized spacial score (nSPS) is 19.1. The molecular weight excluding hydrogens is 374 g/mol. The van der Waals surface area contributed by atoms with Crippen LogP contribution in [-0.4, -0.2) is 57.7 Å². The van der Waals surface area contributed by atoms with E-state index in [1.165, 1.54) is 6.92 Å². The van der Waals surface area contributed by atoms with Crippen molar-refractivity contribution in [1.29, 1.82) is 0 Å². The topological polar surface area (TPSA) is 108 Å². The maximum Gasteiger partial charge on any atom is 0.306 e. The summed E-state index contributed by atoms with van der Waals surface area (Å²) in [5.74, 6) is 0.411. The molecule has 1 N–H and O–H groups in total.